The van der Waals surface area contributed by atoms with Gasteiger partial charge in [-0.1, -0.05) is 41.6 Å². The van der Waals surface area contributed by atoms with Crippen LogP contribution in [0.15, 0.2) is 71.0 Å². The predicted molar refractivity (Wildman–Crippen MR) is 81.4 cm³/mol. The Morgan fingerprint density at radius 3 is 2.29 bits per heavy atom. The van der Waals surface area contributed by atoms with Gasteiger partial charge in [0.05, 0.1) is 18.0 Å². The Morgan fingerprint density at radius 1 is 1.05 bits per heavy atom. The molecule has 0 aliphatic heterocycles. The van der Waals surface area contributed by atoms with Gasteiger partial charge in [-0.3, -0.25) is 4.79 Å². The van der Waals surface area contributed by atoms with Gasteiger partial charge in [-0.25, -0.2) is 5.01 Å². The highest BCUT2D eigenvalue weighted by Crippen LogP contribution is 2.17. The van der Waals surface area contributed by atoms with Crippen LogP contribution in [-0.2, 0) is 9.53 Å². The molecular formula is C16H17N3O2. The second-order valence-corrected chi connectivity index (χ2v) is 4.22. The quantitative estimate of drug-likeness (QED) is 0.461. The van der Waals surface area contributed by atoms with Crippen molar-refractivity contribution in [2.75, 3.05) is 18.2 Å². The van der Waals surface area contributed by atoms with Gasteiger partial charge in [0.2, 0.25) is 0 Å². The van der Waals surface area contributed by atoms with Crippen LogP contribution in [0.1, 0.15) is 6.92 Å². The van der Waals surface area contributed by atoms with E-state index >= 15 is 0 Å². The highest BCUT2D eigenvalue weighted by atomic mass is 16.5. The van der Waals surface area contributed by atoms with Crippen molar-refractivity contribution in [1.29, 1.82) is 0 Å². The van der Waals surface area contributed by atoms with Gasteiger partial charge in [-0.15, -0.1) is 5.11 Å². The zero-order valence-corrected chi connectivity index (χ0v) is 11.8. The highest BCUT2D eigenvalue weighted by Gasteiger charge is 2.11. The fourth-order valence-electron chi connectivity index (χ4n) is 1.70. The van der Waals surface area contributed by atoms with Gasteiger partial charge in [-0.05, 0) is 31.2 Å². The summed E-state index contributed by atoms with van der Waals surface area (Å²) in [6.45, 7) is 2.14. The Balaban J connectivity index is 2.16. The van der Waals surface area contributed by atoms with Gasteiger partial charge < -0.3 is 4.74 Å². The first kappa shape index (κ1) is 14.7. The summed E-state index contributed by atoms with van der Waals surface area (Å²) < 4.78 is 4.96. The average Bonchev–Trinajstić information content (AvgIpc) is 2.53. The van der Waals surface area contributed by atoms with Crippen molar-refractivity contribution in [2.45, 2.75) is 6.92 Å². The van der Waals surface area contributed by atoms with Gasteiger partial charge in [0.15, 0.2) is 0 Å². The van der Waals surface area contributed by atoms with Crippen LogP contribution in [-0.4, -0.2) is 19.1 Å². The summed E-state index contributed by atoms with van der Waals surface area (Å²) in [5.74, 6) is -0.339. The second kappa shape index (κ2) is 7.79. The molecule has 0 radical (unpaired) electrons. The van der Waals surface area contributed by atoms with Crippen molar-refractivity contribution in [3.63, 3.8) is 0 Å². The third-order valence-electron chi connectivity index (χ3n) is 2.66. The number of ether oxygens (including phenoxy) is 1. The fourth-order valence-corrected chi connectivity index (χ4v) is 1.70. The largest absolute Gasteiger partial charge is 0.465 e. The van der Waals surface area contributed by atoms with Crippen molar-refractivity contribution in [3.8, 4) is 0 Å². The third-order valence-corrected chi connectivity index (χ3v) is 2.66. The number of nitrogens with zero attached hydrogens (tertiary/aromatic N) is 3. The number of benzene rings is 2. The van der Waals surface area contributed by atoms with E-state index in [2.05, 4.69) is 10.3 Å². The molecule has 0 amide bonds. The maximum atomic E-state index is 11.7. The molecule has 5 nitrogen and oxygen atoms in total. The monoisotopic (exact) mass is 283 g/mol. The zero-order chi connectivity index (χ0) is 14.9. The molecule has 0 saturated carbocycles. The van der Waals surface area contributed by atoms with Crippen LogP contribution in [0.3, 0.4) is 0 Å². The smallest absolute Gasteiger partial charge is 0.327 e. The summed E-state index contributed by atoms with van der Waals surface area (Å²) in [4.78, 5) is 11.7. The van der Waals surface area contributed by atoms with Crippen molar-refractivity contribution >= 4 is 17.3 Å². The maximum Gasteiger partial charge on any atom is 0.327 e. The van der Waals surface area contributed by atoms with E-state index in [-0.39, 0.29) is 12.5 Å². The van der Waals surface area contributed by atoms with Crippen LogP contribution >= 0.6 is 0 Å². The normalized spacial score (nSPS) is 10.5. The number of hydrogen-bond acceptors (Lipinski definition) is 4. The van der Waals surface area contributed by atoms with E-state index in [0.29, 0.717) is 6.61 Å². The minimum Gasteiger partial charge on any atom is -0.465 e. The first-order valence-corrected chi connectivity index (χ1v) is 6.74. The van der Waals surface area contributed by atoms with Gasteiger partial charge in [0.25, 0.3) is 0 Å². The summed E-state index contributed by atoms with van der Waals surface area (Å²) >= 11 is 0. The topological polar surface area (TPSA) is 54.3 Å². The molecule has 0 aliphatic carbocycles. The number of carbonyl (C=O) groups excluding carboxylic acids is 1. The van der Waals surface area contributed by atoms with Crippen molar-refractivity contribution in [1.82, 2.24) is 0 Å². The van der Waals surface area contributed by atoms with E-state index in [1.165, 1.54) is 5.01 Å². The first-order chi connectivity index (χ1) is 10.3. The number of hydrogen-bond donors (Lipinski definition) is 0. The van der Waals surface area contributed by atoms with Gasteiger partial charge in [0, 0.05) is 0 Å². The van der Waals surface area contributed by atoms with Gasteiger partial charge in [-0.2, -0.15) is 0 Å². The molecule has 0 atom stereocenters. The molecule has 0 spiro atoms. The molecule has 108 valence electrons. The molecule has 0 aliphatic rings. The van der Waals surface area contributed by atoms with Gasteiger partial charge in [0.1, 0.15) is 6.54 Å². The van der Waals surface area contributed by atoms with E-state index < -0.39 is 0 Å². The second-order valence-electron chi connectivity index (χ2n) is 4.22. The third kappa shape index (κ3) is 4.72. The Morgan fingerprint density at radius 2 is 1.67 bits per heavy atom. The molecule has 2 aromatic rings. The molecular weight excluding hydrogens is 266 g/mol. The van der Waals surface area contributed by atoms with Gasteiger partial charge >= 0.3 is 5.97 Å². The lowest BCUT2D eigenvalue weighted by atomic mass is 10.3. The van der Waals surface area contributed by atoms with Crippen LogP contribution in [0.4, 0.5) is 11.4 Å². The molecule has 5 heteroatoms. The Kier molecular flexibility index (Phi) is 5.46. The minimum absolute atomic E-state index is 0.0220. The number of carbonyl (C=O) groups is 1. The molecule has 0 unspecified atom stereocenters. The molecule has 0 bridgehead atoms. The summed E-state index contributed by atoms with van der Waals surface area (Å²) in [7, 11) is 0. The van der Waals surface area contributed by atoms with Crippen LogP contribution in [0.25, 0.3) is 0 Å². The molecule has 0 N–H and O–H groups in total. The lowest BCUT2D eigenvalue weighted by Crippen LogP contribution is -2.26. The molecule has 0 aromatic heterocycles. The summed E-state index contributed by atoms with van der Waals surface area (Å²) in [5, 5.41) is 9.80. The Labute approximate surface area is 123 Å². The Hall–Kier alpha value is -2.69. The van der Waals surface area contributed by atoms with E-state index in [9.17, 15) is 4.79 Å². The van der Waals surface area contributed by atoms with E-state index in [4.69, 9.17) is 4.74 Å². The van der Waals surface area contributed by atoms with E-state index in [0.717, 1.165) is 11.4 Å². The molecule has 2 aromatic carbocycles. The number of para-hydroxylation sites is 1. The fraction of sp³-hybridized carbons (Fsp3) is 0.188. The number of rotatable bonds is 6. The average molecular weight is 283 g/mol. The molecule has 21 heavy (non-hydrogen) atoms. The first-order valence-electron chi connectivity index (χ1n) is 6.74. The number of anilines is 1. The molecule has 2 rings (SSSR count). The predicted octanol–water partition coefficient (Wildman–Crippen LogP) is 3.76. The summed E-state index contributed by atoms with van der Waals surface area (Å²) in [5.41, 5.74) is 1.51. The highest BCUT2D eigenvalue weighted by molar-refractivity contribution is 5.75. The maximum absolute atomic E-state index is 11.7. The summed E-state index contributed by atoms with van der Waals surface area (Å²) in [6, 6.07) is 18.8. The minimum atomic E-state index is -0.339. The number of esters is 1. The zero-order valence-electron chi connectivity index (χ0n) is 11.8. The Bertz CT molecular complexity index is 585. The lowest BCUT2D eigenvalue weighted by Gasteiger charge is -2.16. The SMILES string of the molecule is CCOC(=O)CN(N=Nc1ccccc1)c1ccccc1. The van der Waals surface area contributed by atoms with Crippen LogP contribution < -0.4 is 5.01 Å². The van der Waals surface area contributed by atoms with Crippen molar-refractivity contribution in [2.24, 2.45) is 10.3 Å². The van der Waals surface area contributed by atoms with Crippen LogP contribution in [0, 0.1) is 0 Å². The standard InChI is InChI=1S/C16H17N3O2/c1-2-21-16(20)13-19(15-11-7-4-8-12-15)18-17-14-9-5-3-6-10-14/h3-12H,2,13H2,1H3. The van der Waals surface area contributed by atoms with E-state index in [1.54, 1.807) is 6.92 Å². The van der Waals surface area contributed by atoms with Crippen LogP contribution in [0.2, 0.25) is 0 Å². The van der Waals surface area contributed by atoms with Crippen molar-refractivity contribution in [3.05, 3.63) is 60.7 Å². The molecule has 0 fully saturated rings. The van der Waals surface area contributed by atoms with E-state index in [1.807, 2.05) is 60.7 Å². The lowest BCUT2D eigenvalue weighted by molar-refractivity contribution is -0.141. The summed E-state index contributed by atoms with van der Waals surface area (Å²) in [6.07, 6.45) is 0. The molecule has 0 heterocycles. The van der Waals surface area contributed by atoms with Crippen molar-refractivity contribution < 1.29 is 9.53 Å². The molecule has 0 saturated heterocycles. The van der Waals surface area contributed by atoms with Crippen LogP contribution in [0.5, 0.6) is 0 Å².